The van der Waals surface area contributed by atoms with Crippen LogP contribution in [0.3, 0.4) is 0 Å². The third-order valence-corrected chi connectivity index (χ3v) is 5.89. The fourth-order valence-electron chi connectivity index (χ4n) is 2.75. The number of hydrogen-bond donors (Lipinski definition) is 1. The summed E-state index contributed by atoms with van der Waals surface area (Å²) in [5, 5.41) is 3.33. The molecule has 0 radical (unpaired) electrons. The van der Waals surface area contributed by atoms with E-state index in [0.717, 1.165) is 5.82 Å². The van der Waals surface area contributed by atoms with Gasteiger partial charge in [-0.05, 0) is 13.8 Å². The van der Waals surface area contributed by atoms with E-state index >= 15 is 0 Å². The molecule has 1 unspecified atom stereocenters. The fraction of sp³-hybridized carbons (Fsp3) is 0.571. The summed E-state index contributed by atoms with van der Waals surface area (Å²) >= 11 is 0. The molecule has 126 valence electrons. The van der Waals surface area contributed by atoms with Gasteiger partial charge < -0.3 is 14.5 Å². The van der Waals surface area contributed by atoms with E-state index in [9.17, 15) is 8.42 Å². The summed E-state index contributed by atoms with van der Waals surface area (Å²) in [6.07, 6.45) is 6.66. The highest BCUT2D eigenvalue weighted by atomic mass is 32.2. The SMILES string of the molecule is CC(C)n1cnc(S(=O)(=O)N2CCNCC2c2nccn2C)c1. The minimum atomic E-state index is -3.66. The molecule has 1 atom stereocenters. The van der Waals surface area contributed by atoms with Gasteiger partial charge in [0.2, 0.25) is 0 Å². The first-order valence-electron chi connectivity index (χ1n) is 7.64. The number of piperazine rings is 1. The van der Waals surface area contributed by atoms with Crippen molar-refractivity contribution in [3.05, 3.63) is 30.7 Å². The molecule has 0 amide bonds. The second-order valence-electron chi connectivity index (χ2n) is 5.98. The molecule has 1 aliphatic rings. The predicted octanol–water partition coefficient (Wildman–Crippen LogP) is 0.533. The van der Waals surface area contributed by atoms with Crippen molar-refractivity contribution >= 4 is 10.0 Å². The molecule has 23 heavy (non-hydrogen) atoms. The minimum Gasteiger partial charge on any atom is -0.337 e. The van der Waals surface area contributed by atoms with Crippen molar-refractivity contribution in [1.29, 1.82) is 0 Å². The predicted molar refractivity (Wildman–Crippen MR) is 85.3 cm³/mol. The van der Waals surface area contributed by atoms with E-state index in [1.54, 1.807) is 23.3 Å². The number of rotatable bonds is 4. The van der Waals surface area contributed by atoms with Crippen LogP contribution in [0.25, 0.3) is 0 Å². The summed E-state index contributed by atoms with van der Waals surface area (Å²) in [4.78, 5) is 8.43. The lowest BCUT2D eigenvalue weighted by Gasteiger charge is -2.34. The van der Waals surface area contributed by atoms with Gasteiger partial charge in [-0.2, -0.15) is 4.31 Å². The van der Waals surface area contributed by atoms with Crippen LogP contribution in [-0.2, 0) is 17.1 Å². The third-order valence-electron chi connectivity index (χ3n) is 4.10. The van der Waals surface area contributed by atoms with E-state index in [2.05, 4.69) is 15.3 Å². The second-order valence-corrected chi connectivity index (χ2v) is 7.82. The van der Waals surface area contributed by atoms with Crippen LogP contribution in [0, 0.1) is 0 Å². The zero-order valence-corrected chi connectivity index (χ0v) is 14.4. The standard InChI is InChI=1S/C14H22N6O2S/c1-11(2)19-9-13(17-10-19)23(21,22)20-7-4-15-8-12(20)14-16-5-6-18(14)3/h5-6,9-12,15H,4,7-8H2,1-3H3. The van der Waals surface area contributed by atoms with Crippen molar-refractivity contribution in [2.24, 2.45) is 7.05 Å². The molecule has 3 heterocycles. The Morgan fingerprint density at radius 1 is 1.35 bits per heavy atom. The van der Waals surface area contributed by atoms with E-state index < -0.39 is 10.0 Å². The van der Waals surface area contributed by atoms with Crippen molar-refractivity contribution in [1.82, 2.24) is 28.7 Å². The molecule has 0 aromatic carbocycles. The van der Waals surface area contributed by atoms with E-state index in [-0.39, 0.29) is 17.1 Å². The first kappa shape index (κ1) is 16.2. The number of imidazole rings is 2. The molecule has 3 rings (SSSR count). The van der Waals surface area contributed by atoms with E-state index in [1.165, 1.54) is 4.31 Å². The van der Waals surface area contributed by atoms with Crippen LogP contribution in [0.1, 0.15) is 31.8 Å². The minimum absolute atomic E-state index is 0.0901. The summed E-state index contributed by atoms with van der Waals surface area (Å²) < 4.78 is 31.2. The summed E-state index contributed by atoms with van der Waals surface area (Å²) in [5.74, 6) is 0.726. The maximum atomic E-state index is 13.0. The van der Waals surface area contributed by atoms with Gasteiger partial charge in [-0.3, -0.25) is 0 Å². The second kappa shape index (κ2) is 6.06. The van der Waals surface area contributed by atoms with Crippen molar-refractivity contribution in [3.63, 3.8) is 0 Å². The molecule has 0 spiro atoms. The van der Waals surface area contributed by atoms with Crippen LogP contribution >= 0.6 is 0 Å². The number of sulfonamides is 1. The Labute approximate surface area is 136 Å². The van der Waals surface area contributed by atoms with Crippen LogP contribution < -0.4 is 5.32 Å². The van der Waals surface area contributed by atoms with Crippen LogP contribution in [0.5, 0.6) is 0 Å². The quantitative estimate of drug-likeness (QED) is 0.879. The van der Waals surface area contributed by atoms with Gasteiger partial charge in [0, 0.05) is 51.3 Å². The molecular weight excluding hydrogens is 316 g/mol. The van der Waals surface area contributed by atoms with Crippen molar-refractivity contribution < 1.29 is 8.42 Å². The van der Waals surface area contributed by atoms with Crippen molar-refractivity contribution in [3.8, 4) is 0 Å². The van der Waals surface area contributed by atoms with Gasteiger partial charge in [0.1, 0.15) is 5.82 Å². The molecule has 8 nitrogen and oxygen atoms in total. The lowest BCUT2D eigenvalue weighted by atomic mass is 10.2. The summed E-state index contributed by atoms with van der Waals surface area (Å²) in [6.45, 7) is 5.52. The lowest BCUT2D eigenvalue weighted by molar-refractivity contribution is 0.257. The first-order chi connectivity index (χ1) is 10.9. The molecule has 0 saturated carbocycles. The van der Waals surface area contributed by atoms with Crippen LogP contribution in [0.4, 0.5) is 0 Å². The molecule has 0 bridgehead atoms. The van der Waals surface area contributed by atoms with Gasteiger partial charge in [-0.15, -0.1) is 0 Å². The van der Waals surface area contributed by atoms with E-state index in [1.807, 2.05) is 31.7 Å². The number of nitrogens with zero attached hydrogens (tertiary/aromatic N) is 5. The fourth-order valence-corrected chi connectivity index (χ4v) is 4.26. The smallest absolute Gasteiger partial charge is 0.262 e. The highest BCUT2D eigenvalue weighted by Crippen LogP contribution is 2.27. The average molecular weight is 338 g/mol. The summed E-state index contributed by atoms with van der Waals surface area (Å²) in [5.41, 5.74) is 0. The Kier molecular flexibility index (Phi) is 4.26. The molecule has 1 saturated heterocycles. The van der Waals surface area contributed by atoms with E-state index in [0.29, 0.717) is 19.6 Å². The first-order valence-corrected chi connectivity index (χ1v) is 9.08. The van der Waals surface area contributed by atoms with Gasteiger partial charge in [-0.25, -0.2) is 18.4 Å². The molecular formula is C14H22N6O2S. The zero-order valence-electron chi connectivity index (χ0n) is 13.5. The van der Waals surface area contributed by atoms with Gasteiger partial charge in [0.05, 0.1) is 12.4 Å². The summed E-state index contributed by atoms with van der Waals surface area (Å²) in [6, 6.07) is -0.169. The number of nitrogens with one attached hydrogen (secondary N) is 1. The van der Waals surface area contributed by atoms with Crippen LogP contribution in [-0.4, -0.2) is 51.5 Å². The molecule has 0 aliphatic carbocycles. The third kappa shape index (κ3) is 2.91. The molecule has 9 heteroatoms. The summed E-state index contributed by atoms with van der Waals surface area (Å²) in [7, 11) is -1.79. The Morgan fingerprint density at radius 3 is 2.74 bits per heavy atom. The van der Waals surface area contributed by atoms with Gasteiger partial charge in [0.15, 0.2) is 5.03 Å². The normalized spacial score (nSPS) is 20.3. The molecule has 1 N–H and O–H groups in total. The average Bonchev–Trinajstić information content (AvgIpc) is 3.16. The van der Waals surface area contributed by atoms with Crippen LogP contribution in [0.2, 0.25) is 0 Å². The number of aryl methyl sites for hydroxylation is 1. The monoisotopic (exact) mass is 338 g/mol. The van der Waals surface area contributed by atoms with Gasteiger partial charge >= 0.3 is 0 Å². The highest BCUT2D eigenvalue weighted by molar-refractivity contribution is 7.89. The highest BCUT2D eigenvalue weighted by Gasteiger charge is 2.37. The van der Waals surface area contributed by atoms with Gasteiger partial charge in [-0.1, -0.05) is 0 Å². The molecule has 2 aromatic rings. The molecule has 1 fully saturated rings. The van der Waals surface area contributed by atoms with Crippen molar-refractivity contribution in [2.75, 3.05) is 19.6 Å². The van der Waals surface area contributed by atoms with Gasteiger partial charge in [0.25, 0.3) is 10.0 Å². The van der Waals surface area contributed by atoms with Crippen LogP contribution in [0.15, 0.2) is 29.9 Å². The Balaban J connectivity index is 1.97. The maximum Gasteiger partial charge on any atom is 0.262 e. The molecule has 2 aromatic heterocycles. The lowest BCUT2D eigenvalue weighted by Crippen LogP contribution is -2.49. The maximum absolute atomic E-state index is 13.0. The molecule has 1 aliphatic heterocycles. The largest absolute Gasteiger partial charge is 0.337 e. The Bertz CT molecular complexity index is 779. The van der Waals surface area contributed by atoms with Crippen molar-refractivity contribution in [2.45, 2.75) is 31.0 Å². The Hall–Kier alpha value is -1.71. The van der Waals surface area contributed by atoms with E-state index in [4.69, 9.17) is 0 Å². The zero-order chi connectivity index (χ0) is 16.6. The number of hydrogen-bond acceptors (Lipinski definition) is 5. The topological polar surface area (TPSA) is 85.1 Å². The number of aromatic nitrogens is 4. The Morgan fingerprint density at radius 2 is 2.13 bits per heavy atom.